The van der Waals surface area contributed by atoms with Crippen LogP contribution in [0.3, 0.4) is 0 Å². The second-order valence-electron chi connectivity index (χ2n) is 4.83. The predicted molar refractivity (Wildman–Crippen MR) is 76.1 cm³/mol. The largest absolute Gasteiger partial charge is 0.477 e. The van der Waals surface area contributed by atoms with Gasteiger partial charge in [-0.2, -0.15) is 0 Å². The van der Waals surface area contributed by atoms with Gasteiger partial charge in [0.25, 0.3) is 5.91 Å². The third-order valence-corrected chi connectivity index (χ3v) is 4.84. The number of carboxylic acid groups (broad SMARTS) is 1. The minimum Gasteiger partial charge on any atom is -0.477 e. The number of thioether (sulfide) groups is 1. The van der Waals surface area contributed by atoms with Crippen molar-refractivity contribution in [3.8, 4) is 0 Å². The van der Waals surface area contributed by atoms with Crippen molar-refractivity contribution in [3.63, 3.8) is 0 Å². The van der Waals surface area contributed by atoms with E-state index in [1.807, 2.05) is 0 Å². The van der Waals surface area contributed by atoms with Crippen molar-refractivity contribution in [1.82, 2.24) is 10.2 Å². The lowest BCUT2D eigenvalue weighted by Gasteiger charge is -2.55. The number of methoxy groups -OCH3 is 1. The maximum absolute atomic E-state index is 12.3. The molecule has 2 atom stereocenters. The summed E-state index contributed by atoms with van der Waals surface area (Å²) in [5.74, 6) is -0.820. The fourth-order valence-corrected chi connectivity index (χ4v) is 3.82. The average molecular weight is 300 g/mol. The summed E-state index contributed by atoms with van der Waals surface area (Å²) in [6.45, 7) is 2.80. The Morgan fingerprint density at radius 2 is 2.40 bits per heavy atom. The molecule has 0 aromatic rings. The molecule has 2 rings (SSSR count). The highest BCUT2D eigenvalue weighted by Gasteiger charge is 2.64. The van der Waals surface area contributed by atoms with Gasteiger partial charge in [0.15, 0.2) is 0 Å². The quantitative estimate of drug-likeness (QED) is 0.415. The van der Waals surface area contributed by atoms with Gasteiger partial charge >= 0.3 is 5.97 Å². The molecule has 0 spiro atoms. The van der Waals surface area contributed by atoms with Crippen molar-refractivity contribution in [1.29, 1.82) is 0 Å². The molecule has 20 heavy (non-hydrogen) atoms. The van der Waals surface area contributed by atoms with Crippen molar-refractivity contribution >= 4 is 23.6 Å². The van der Waals surface area contributed by atoms with E-state index in [4.69, 9.17) is 9.84 Å². The van der Waals surface area contributed by atoms with Gasteiger partial charge in [0.1, 0.15) is 11.1 Å². The van der Waals surface area contributed by atoms with Crippen molar-refractivity contribution in [2.45, 2.75) is 37.3 Å². The van der Waals surface area contributed by atoms with Gasteiger partial charge in [0.2, 0.25) is 5.72 Å². The van der Waals surface area contributed by atoms with Crippen molar-refractivity contribution in [2.75, 3.05) is 19.4 Å². The molecule has 7 heteroatoms. The Bertz CT molecular complexity index is 440. The van der Waals surface area contributed by atoms with Crippen molar-refractivity contribution in [2.24, 2.45) is 0 Å². The van der Waals surface area contributed by atoms with Gasteiger partial charge in [0.05, 0.1) is 0 Å². The Kier molecular flexibility index (Phi) is 4.72. The summed E-state index contributed by atoms with van der Waals surface area (Å²) < 4.78 is 5.42. The molecule has 0 saturated carbocycles. The Hall–Kier alpha value is -1.05. The molecule has 0 aromatic carbocycles. The molecule has 1 fully saturated rings. The fraction of sp³-hybridized carbons (Fsp3) is 0.692. The lowest BCUT2D eigenvalue weighted by molar-refractivity contribution is -0.190. The summed E-state index contributed by atoms with van der Waals surface area (Å²) >= 11 is 1.51. The summed E-state index contributed by atoms with van der Waals surface area (Å²) in [6, 6.07) is 0. The van der Waals surface area contributed by atoms with E-state index in [0.29, 0.717) is 12.3 Å². The van der Waals surface area contributed by atoms with Crippen LogP contribution >= 0.6 is 11.8 Å². The van der Waals surface area contributed by atoms with Crippen LogP contribution in [0.5, 0.6) is 0 Å². The van der Waals surface area contributed by atoms with Crippen LogP contribution in [0.4, 0.5) is 0 Å². The number of carboxylic acids is 1. The lowest BCUT2D eigenvalue weighted by Crippen LogP contribution is -2.79. The number of nitrogens with one attached hydrogen (secondary N) is 1. The van der Waals surface area contributed by atoms with E-state index in [0.717, 1.165) is 19.3 Å². The smallest absolute Gasteiger partial charge is 0.352 e. The van der Waals surface area contributed by atoms with Gasteiger partial charge in [0, 0.05) is 12.9 Å². The van der Waals surface area contributed by atoms with Crippen molar-refractivity contribution < 1.29 is 19.4 Å². The normalized spacial score (nSPS) is 28.7. The molecule has 1 saturated heterocycles. The number of rotatable bonds is 7. The highest BCUT2D eigenvalue weighted by atomic mass is 32.2. The number of aliphatic carboxylic acids is 1. The number of hydrogen-bond donors (Lipinski definition) is 2. The zero-order valence-corrected chi connectivity index (χ0v) is 12.5. The first-order valence-corrected chi connectivity index (χ1v) is 7.82. The molecule has 2 aliphatic rings. The van der Waals surface area contributed by atoms with E-state index in [-0.39, 0.29) is 17.0 Å². The summed E-state index contributed by atoms with van der Waals surface area (Å²) in [4.78, 5) is 24.8. The molecule has 2 N–H and O–H groups in total. The van der Waals surface area contributed by atoms with Gasteiger partial charge in [-0.05, 0) is 19.0 Å². The van der Waals surface area contributed by atoms with Gasteiger partial charge in [-0.25, -0.2) is 4.79 Å². The Morgan fingerprint density at radius 3 is 3.00 bits per heavy atom. The van der Waals surface area contributed by atoms with E-state index in [1.165, 1.54) is 23.8 Å². The number of carbonyl (C=O) groups excluding carboxylic acids is 1. The second kappa shape index (κ2) is 6.15. The van der Waals surface area contributed by atoms with Crippen LogP contribution in [0.1, 0.15) is 26.2 Å². The van der Waals surface area contributed by atoms with Gasteiger partial charge < -0.3 is 9.84 Å². The second-order valence-corrected chi connectivity index (χ2v) is 5.94. The molecule has 0 aliphatic carbocycles. The Balaban J connectivity index is 2.08. The predicted octanol–water partition coefficient (Wildman–Crippen LogP) is 0.992. The van der Waals surface area contributed by atoms with Crippen LogP contribution in [0.25, 0.3) is 0 Å². The summed E-state index contributed by atoms with van der Waals surface area (Å²) in [6.07, 6.45) is 4.72. The SMILES string of the molecule is CCCCCN[C@]1(OC)C(=O)N2C(C(=O)O)=CCS[C@@H]21. The fourth-order valence-electron chi connectivity index (χ4n) is 2.51. The number of unbranched alkanes of at least 4 members (excludes halogenated alkanes) is 2. The zero-order valence-electron chi connectivity index (χ0n) is 11.7. The van der Waals surface area contributed by atoms with Crippen LogP contribution in [0.15, 0.2) is 11.8 Å². The third-order valence-electron chi connectivity index (χ3n) is 3.62. The summed E-state index contributed by atoms with van der Waals surface area (Å²) in [5.41, 5.74) is -1.02. The summed E-state index contributed by atoms with van der Waals surface area (Å²) in [7, 11) is 1.49. The van der Waals surface area contributed by atoms with Crippen LogP contribution in [0.2, 0.25) is 0 Å². The van der Waals surface area contributed by atoms with E-state index >= 15 is 0 Å². The highest BCUT2D eigenvalue weighted by molar-refractivity contribution is 8.00. The first-order valence-electron chi connectivity index (χ1n) is 6.77. The van der Waals surface area contributed by atoms with E-state index in [2.05, 4.69) is 12.2 Å². The number of fused-ring (bicyclic) bond motifs is 1. The lowest BCUT2D eigenvalue weighted by atomic mass is 9.99. The molecule has 0 bridgehead atoms. The Morgan fingerprint density at radius 1 is 1.65 bits per heavy atom. The summed E-state index contributed by atoms with van der Waals surface area (Å²) in [5, 5.41) is 12.0. The highest BCUT2D eigenvalue weighted by Crippen LogP contribution is 2.44. The van der Waals surface area contributed by atoms with Crippen LogP contribution in [-0.2, 0) is 14.3 Å². The number of nitrogens with zero attached hydrogens (tertiary/aromatic N) is 1. The Labute approximate surface area is 122 Å². The van der Waals surface area contributed by atoms with E-state index < -0.39 is 11.7 Å². The molecule has 112 valence electrons. The molecular weight excluding hydrogens is 280 g/mol. The first kappa shape index (κ1) is 15.3. The molecule has 2 heterocycles. The van der Waals surface area contributed by atoms with Crippen LogP contribution in [0, 0.1) is 0 Å². The standard InChI is InChI=1S/C13H20N2O4S/c1-3-4-5-7-14-13(19-2)11(18)15-9(10(16)17)6-8-20-12(13)15/h6,12,14H,3-5,7-8H2,1-2H3,(H,16,17)/t12-,13+/m1/s1. The molecule has 2 aliphatic heterocycles. The van der Waals surface area contributed by atoms with Gasteiger partial charge in [-0.15, -0.1) is 11.8 Å². The maximum atomic E-state index is 12.3. The minimum absolute atomic E-state index is 0.0572. The molecule has 0 unspecified atom stereocenters. The number of amides is 1. The van der Waals surface area contributed by atoms with Gasteiger partial charge in [-0.3, -0.25) is 15.0 Å². The zero-order chi connectivity index (χ0) is 14.8. The minimum atomic E-state index is -1.08. The van der Waals surface area contributed by atoms with Crippen LogP contribution < -0.4 is 5.32 Å². The molecule has 0 aromatic heterocycles. The molecular formula is C13H20N2O4S. The molecule has 6 nitrogen and oxygen atoms in total. The first-order chi connectivity index (χ1) is 9.58. The third kappa shape index (κ3) is 2.34. The number of hydrogen-bond acceptors (Lipinski definition) is 5. The monoisotopic (exact) mass is 300 g/mol. The van der Waals surface area contributed by atoms with Gasteiger partial charge in [-0.1, -0.05) is 19.8 Å². The van der Waals surface area contributed by atoms with Crippen molar-refractivity contribution in [3.05, 3.63) is 11.8 Å². The van der Waals surface area contributed by atoms with Crippen LogP contribution in [-0.4, -0.2) is 52.4 Å². The van der Waals surface area contributed by atoms with E-state index in [9.17, 15) is 9.59 Å². The number of carbonyl (C=O) groups is 2. The molecule has 0 radical (unpaired) electrons. The number of β-lactam (4-membered cyclic amide) rings is 1. The molecule has 1 amide bonds. The maximum Gasteiger partial charge on any atom is 0.352 e. The number of ether oxygens (including phenoxy) is 1. The average Bonchev–Trinajstić information content (AvgIpc) is 2.46. The topological polar surface area (TPSA) is 78.9 Å². The van der Waals surface area contributed by atoms with E-state index in [1.54, 1.807) is 6.08 Å².